The molecule has 1 fully saturated rings. The third-order valence-electron chi connectivity index (χ3n) is 2.98. The first kappa shape index (κ1) is 12.3. The minimum atomic E-state index is 0.0873. The number of ether oxygens (including phenoxy) is 1. The van der Waals surface area contributed by atoms with Crippen molar-refractivity contribution in [2.75, 3.05) is 13.2 Å². The lowest BCUT2D eigenvalue weighted by atomic mass is 9.83. The van der Waals surface area contributed by atoms with E-state index in [1.165, 1.54) is 30.6 Å². The van der Waals surface area contributed by atoms with Crippen molar-refractivity contribution in [2.45, 2.75) is 25.7 Å². The summed E-state index contributed by atoms with van der Waals surface area (Å²) >= 11 is 4.81. The lowest BCUT2D eigenvalue weighted by molar-refractivity contribution is 0.0708. The van der Waals surface area contributed by atoms with Gasteiger partial charge in [0, 0.05) is 6.61 Å². The molecule has 0 aliphatic heterocycles. The van der Waals surface area contributed by atoms with Crippen molar-refractivity contribution < 1.29 is 9.53 Å². The molecule has 1 aromatic heterocycles. The highest BCUT2D eigenvalue weighted by Crippen LogP contribution is 2.29. The predicted octanol–water partition coefficient (Wildman–Crippen LogP) is 3.90. The Bertz CT molecular complexity index is 358. The summed E-state index contributed by atoms with van der Waals surface area (Å²) in [7, 11) is 0. The standard InChI is InChI=1S/C12H15BrO2S/c13-12-5-4-11(16-12)10(14)8-15-7-6-9-2-1-3-9/h4-5,9H,1-3,6-8H2. The van der Waals surface area contributed by atoms with E-state index in [4.69, 9.17) is 4.74 Å². The summed E-state index contributed by atoms with van der Waals surface area (Å²) in [6.45, 7) is 0.947. The van der Waals surface area contributed by atoms with Crippen LogP contribution in [-0.2, 0) is 4.74 Å². The average Bonchev–Trinajstić information content (AvgIpc) is 2.61. The van der Waals surface area contributed by atoms with Gasteiger partial charge >= 0.3 is 0 Å². The monoisotopic (exact) mass is 302 g/mol. The van der Waals surface area contributed by atoms with Crippen LogP contribution in [-0.4, -0.2) is 19.0 Å². The van der Waals surface area contributed by atoms with E-state index in [-0.39, 0.29) is 12.4 Å². The number of hydrogen-bond acceptors (Lipinski definition) is 3. The molecule has 1 aliphatic rings. The maximum atomic E-state index is 11.7. The number of carbonyl (C=O) groups is 1. The zero-order valence-corrected chi connectivity index (χ0v) is 11.5. The van der Waals surface area contributed by atoms with E-state index < -0.39 is 0 Å². The summed E-state index contributed by atoms with van der Waals surface area (Å²) in [5.41, 5.74) is 0. The second-order valence-corrected chi connectivity index (χ2v) is 6.63. The third kappa shape index (κ3) is 3.40. The number of carbonyl (C=O) groups excluding carboxylic acids is 1. The molecule has 1 aromatic rings. The molecule has 1 aliphatic carbocycles. The Kier molecular flexibility index (Phi) is 4.55. The molecular weight excluding hydrogens is 288 g/mol. The summed E-state index contributed by atoms with van der Waals surface area (Å²) in [5, 5.41) is 0. The van der Waals surface area contributed by atoms with Gasteiger partial charge in [0.05, 0.1) is 8.66 Å². The number of Topliss-reactive ketones (excluding diaryl/α,β-unsaturated/α-hetero) is 1. The lowest BCUT2D eigenvalue weighted by Crippen LogP contribution is -2.15. The van der Waals surface area contributed by atoms with E-state index in [9.17, 15) is 4.79 Å². The molecule has 1 saturated carbocycles. The average molecular weight is 303 g/mol. The zero-order valence-electron chi connectivity index (χ0n) is 9.08. The summed E-state index contributed by atoms with van der Waals surface area (Å²) in [5.74, 6) is 0.940. The summed E-state index contributed by atoms with van der Waals surface area (Å²) in [4.78, 5) is 12.4. The first-order valence-electron chi connectivity index (χ1n) is 5.62. The Morgan fingerprint density at radius 3 is 2.88 bits per heavy atom. The van der Waals surface area contributed by atoms with Crippen LogP contribution in [0.3, 0.4) is 0 Å². The first-order chi connectivity index (χ1) is 7.75. The van der Waals surface area contributed by atoms with Crippen LogP contribution in [0.2, 0.25) is 0 Å². The van der Waals surface area contributed by atoms with Crippen molar-refractivity contribution in [3.63, 3.8) is 0 Å². The Morgan fingerprint density at radius 1 is 1.50 bits per heavy atom. The first-order valence-corrected chi connectivity index (χ1v) is 7.23. The molecule has 0 spiro atoms. The van der Waals surface area contributed by atoms with E-state index in [1.807, 2.05) is 12.1 Å². The highest BCUT2D eigenvalue weighted by atomic mass is 79.9. The molecule has 0 radical (unpaired) electrons. The lowest BCUT2D eigenvalue weighted by Gasteiger charge is -2.24. The zero-order chi connectivity index (χ0) is 11.4. The molecule has 0 atom stereocenters. The largest absolute Gasteiger partial charge is 0.373 e. The molecule has 88 valence electrons. The minimum Gasteiger partial charge on any atom is -0.373 e. The normalized spacial score (nSPS) is 16.1. The van der Waals surface area contributed by atoms with Crippen molar-refractivity contribution in [1.29, 1.82) is 0 Å². The van der Waals surface area contributed by atoms with Crippen molar-refractivity contribution in [3.8, 4) is 0 Å². The van der Waals surface area contributed by atoms with Gasteiger partial charge in [-0.3, -0.25) is 4.79 Å². The molecule has 0 N–H and O–H groups in total. The van der Waals surface area contributed by atoms with Crippen LogP contribution in [0.4, 0.5) is 0 Å². The van der Waals surface area contributed by atoms with Crippen LogP contribution < -0.4 is 0 Å². The van der Waals surface area contributed by atoms with E-state index >= 15 is 0 Å². The second kappa shape index (κ2) is 5.94. The van der Waals surface area contributed by atoms with Gasteiger partial charge in [-0.15, -0.1) is 11.3 Å². The molecule has 0 aromatic carbocycles. The number of hydrogen-bond donors (Lipinski definition) is 0. The number of halogens is 1. The fraction of sp³-hybridized carbons (Fsp3) is 0.583. The Morgan fingerprint density at radius 2 is 2.31 bits per heavy atom. The number of thiophene rings is 1. The fourth-order valence-corrected chi connectivity index (χ4v) is 3.04. The predicted molar refractivity (Wildman–Crippen MR) is 69.1 cm³/mol. The van der Waals surface area contributed by atoms with E-state index in [2.05, 4.69) is 15.9 Å². The molecule has 2 rings (SSSR count). The molecule has 0 saturated heterocycles. The molecule has 0 amide bonds. The van der Waals surface area contributed by atoms with Crippen LogP contribution in [0, 0.1) is 5.92 Å². The van der Waals surface area contributed by atoms with Gasteiger partial charge in [-0.2, -0.15) is 0 Å². The van der Waals surface area contributed by atoms with Gasteiger partial charge in [-0.25, -0.2) is 0 Å². The van der Waals surface area contributed by atoms with Crippen molar-refractivity contribution in [3.05, 3.63) is 20.8 Å². The molecule has 0 bridgehead atoms. The van der Waals surface area contributed by atoms with E-state index in [0.717, 1.165) is 27.6 Å². The van der Waals surface area contributed by atoms with Crippen LogP contribution in [0.25, 0.3) is 0 Å². The van der Waals surface area contributed by atoms with Gasteiger partial charge < -0.3 is 4.74 Å². The fourth-order valence-electron chi connectivity index (χ4n) is 1.73. The van der Waals surface area contributed by atoms with Crippen LogP contribution in [0.5, 0.6) is 0 Å². The minimum absolute atomic E-state index is 0.0873. The van der Waals surface area contributed by atoms with E-state index in [1.54, 1.807) is 0 Å². The molecule has 16 heavy (non-hydrogen) atoms. The molecule has 4 heteroatoms. The van der Waals surface area contributed by atoms with Gasteiger partial charge in [0.2, 0.25) is 0 Å². The Hall–Kier alpha value is -0.190. The van der Waals surface area contributed by atoms with Gasteiger partial charge in [0.25, 0.3) is 0 Å². The second-order valence-electron chi connectivity index (χ2n) is 4.17. The highest BCUT2D eigenvalue weighted by molar-refractivity contribution is 9.11. The summed E-state index contributed by atoms with van der Waals surface area (Å²) < 4.78 is 6.40. The maximum absolute atomic E-state index is 11.7. The summed E-state index contributed by atoms with van der Waals surface area (Å²) in [6, 6.07) is 3.73. The molecule has 2 nitrogen and oxygen atoms in total. The van der Waals surface area contributed by atoms with Crippen molar-refractivity contribution >= 4 is 33.0 Å². The third-order valence-corrected chi connectivity index (χ3v) is 4.64. The van der Waals surface area contributed by atoms with Crippen LogP contribution in [0.1, 0.15) is 35.4 Å². The topological polar surface area (TPSA) is 26.3 Å². The molecule has 1 heterocycles. The Balaban J connectivity index is 1.63. The SMILES string of the molecule is O=C(COCCC1CCC1)c1ccc(Br)s1. The van der Waals surface area contributed by atoms with Gasteiger partial charge in [-0.1, -0.05) is 19.3 Å². The summed E-state index contributed by atoms with van der Waals surface area (Å²) in [6.07, 6.45) is 5.17. The number of ketones is 1. The molecular formula is C12H15BrO2S. The van der Waals surface area contributed by atoms with Gasteiger partial charge in [-0.05, 0) is 40.4 Å². The van der Waals surface area contributed by atoms with Crippen molar-refractivity contribution in [2.24, 2.45) is 5.92 Å². The van der Waals surface area contributed by atoms with Gasteiger partial charge in [0.1, 0.15) is 6.61 Å². The number of rotatable bonds is 6. The van der Waals surface area contributed by atoms with Gasteiger partial charge in [0.15, 0.2) is 5.78 Å². The Labute approximate surface area is 108 Å². The highest BCUT2D eigenvalue weighted by Gasteiger charge is 2.17. The van der Waals surface area contributed by atoms with Crippen LogP contribution in [0.15, 0.2) is 15.9 Å². The van der Waals surface area contributed by atoms with E-state index in [0.29, 0.717) is 0 Å². The molecule has 0 unspecified atom stereocenters. The maximum Gasteiger partial charge on any atom is 0.198 e. The quantitative estimate of drug-likeness (QED) is 0.588. The smallest absolute Gasteiger partial charge is 0.198 e. The van der Waals surface area contributed by atoms with Crippen LogP contribution >= 0.6 is 27.3 Å². The van der Waals surface area contributed by atoms with Crippen molar-refractivity contribution in [1.82, 2.24) is 0 Å².